The number of nitrogens with zero attached hydrogens (tertiary/aromatic N) is 2. The maximum absolute atomic E-state index is 12.8. The molecule has 2 aromatic rings. The Morgan fingerprint density at radius 1 is 1.25 bits per heavy atom. The molecule has 1 heterocycles. The molecule has 1 saturated heterocycles. The van der Waals surface area contributed by atoms with E-state index in [0.717, 1.165) is 5.56 Å². The van der Waals surface area contributed by atoms with Crippen molar-refractivity contribution in [1.29, 1.82) is 0 Å². The smallest absolute Gasteiger partial charge is 0.335 e. The summed E-state index contributed by atoms with van der Waals surface area (Å²) in [6.45, 7) is 4.03. The Labute approximate surface area is 166 Å². The summed E-state index contributed by atoms with van der Waals surface area (Å²) in [7, 11) is 1.58. The number of methoxy groups -OCH3 is 1. The molecule has 0 unspecified atom stereocenters. The summed E-state index contributed by atoms with van der Waals surface area (Å²) >= 11 is 1.25. The van der Waals surface area contributed by atoms with E-state index in [9.17, 15) is 9.59 Å². The number of carbonyl (C=O) groups is 2. The largest absolute Gasteiger partial charge is 0.496 e. The van der Waals surface area contributed by atoms with Crippen LogP contribution in [0, 0.1) is 0 Å². The minimum Gasteiger partial charge on any atom is -0.496 e. The number of thioether (sulfide) groups is 1. The number of carbonyl (C=O) groups excluding carboxylic acids is 1. The molecule has 0 aliphatic carbocycles. The number of hydrogen-bond acceptors (Lipinski definition) is 5. The van der Waals surface area contributed by atoms with E-state index < -0.39 is 5.97 Å². The van der Waals surface area contributed by atoms with Crippen LogP contribution in [0.3, 0.4) is 0 Å². The van der Waals surface area contributed by atoms with Crippen LogP contribution in [-0.2, 0) is 4.79 Å². The lowest BCUT2D eigenvalue weighted by Crippen LogP contribution is -2.29. The van der Waals surface area contributed by atoms with Gasteiger partial charge in [-0.2, -0.15) is 0 Å². The molecular formula is C21H18N2O4S. The van der Waals surface area contributed by atoms with Gasteiger partial charge < -0.3 is 9.84 Å². The standard InChI is InChI=1S/C21H18N2O4S/c1-3-12-23-19(24)18(13-15-6-4-5-7-17(15)27-2)28-21(23)22-16-10-8-14(9-11-16)20(25)26/h3-11,13H,1,12H2,2H3,(H,25,26)/b18-13-,22-21?. The number of hydrogen-bond donors (Lipinski definition) is 1. The van der Waals surface area contributed by atoms with Crippen LogP contribution in [0.5, 0.6) is 5.75 Å². The molecule has 1 N–H and O–H groups in total. The number of aromatic carboxylic acids is 1. The van der Waals surface area contributed by atoms with Crippen LogP contribution in [-0.4, -0.2) is 40.7 Å². The van der Waals surface area contributed by atoms with Crippen molar-refractivity contribution in [1.82, 2.24) is 4.90 Å². The number of benzene rings is 2. The zero-order chi connectivity index (χ0) is 20.1. The van der Waals surface area contributed by atoms with Crippen LogP contribution < -0.4 is 4.74 Å². The first-order valence-corrected chi connectivity index (χ1v) is 9.22. The van der Waals surface area contributed by atoms with Gasteiger partial charge in [0.25, 0.3) is 5.91 Å². The number of carboxylic acid groups (broad SMARTS) is 1. The van der Waals surface area contributed by atoms with Crippen LogP contribution in [0.15, 0.2) is 71.1 Å². The second-order valence-electron chi connectivity index (χ2n) is 5.80. The van der Waals surface area contributed by atoms with Gasteiger partial charge in [-0.15, -0.1) is 6.58 Å². The van der Waals surface area contributed by atoms with E-state index in [0.29, 0.717) is 28.1 Å². The summed E-state index contributed by atoms with van der Waals surface area (Å²) in [6, 6.07) is 13.6. The summed E-state index contributed by atoms with van der Waals surface area (Å²) in [4.78, 5) is 30.4. The lowest BCUT2D eigenvalue weighted by Gasteiger charge is -2.12. The number of amides is 1. The fourth-order valence-electron chi connectivity index (χ4n) is 2.60. The number of amidine groups is 1. The second kappa shape index (κ2) is 8.58. The number of ether oxygens (including phenoxy) is 1. The predicted molar refractivity (Wildman–Crippen MR) is 111 cm³/mol. The SMILES string of the molecule is C=CCN1C(=O)/C(=C/c2ccccc2OC)SC1=Nc1ccc(C(=O)O)cc1. The zero-order valence-corrected chi connectivity index (χ0v) is 16.0. The zero-order valence-electron chi connectivity index (χ0n) is 15.2. The van der Waals surface area contributed by atoms with Gasteiger partial charge in [0.2, 0.25) is 0 Å². The molecule has 28 heavy (non-hydrogen) atoms. The highest BCUT2D eigenvalue weighted by Crippen LogP contribution is 2.35. The Hall–Kier alpha value is -3.32. The highest BCUT2D eigenvalue weighted by molar-refractivity contribution is 8.18. The van der Waals surface area contributed by atoms with Crippen molar-refractivity contribution in [2.24, 2.45) is 4.99 Å². The van der Waals surface area contributed by atoms with Crippen molar-refractivity contribution in [2.75, 3.05) is 13.7 Å². The average molecular weight is 394 g/mol. The van der Waals surface area contributed by atoms with E-state index in [1.165, 1.54) is 28.8 Å². The Kier molecular flexibility index (Phi) is 5.96. The molecule has 7 heteroatoms. The Balaban J connectivity index is 1.95. The Morgan fingerprint density at radius 3 is 2.61 bits per heavy atom. The summed E-state index contributed by atoms with van der Waals surface area (Å²) in [5, 5.41) is 9.51. The van der Waals surface area contributed by atoms with Crippen LogP contribution in [0.25, 0.3) is 6.08 Å². The maximum Gasteiger partial charge on any atom is 0.335 e. The van der Waals surface area contributed by atoms with E-state index in [1.807, 2.05) is 24.3 Å². The molecule has 0 spiro atoms. The van der Waals surface area contributed by atoms with Crippen molar-refractivity contribution in [3.63, 3.8) is 0 Å². The van der Waals surface area contributed by atoms with Crippen molar-refractivity contribution in [3.05, 3.63) is 77.2 Å². The molecule has 1 aliphatic heterocycles. The van der Waals surface area contributed by atoms with Crippen LogP contribution in [0.2, 0.25) is 0 Å². The van der Waals surface area contributed by atoms with Crippen molar-refractivity contribution < 1.29 is 19.4 Å². The van der Waals surface area contributed by atoms with Gasteiger partial charge in [-0.3, -0.25) is 9.69 Å². The van der Waals surface area contributed by atoms with Gasteiger partial charge in [-0.05, 0) is 48.2 Å². The number of aliphatic imine (C=N–C) groups is 1. The first-order chi connectivity index (χ1) is 13.5. The number of para-hydroxylation sites is 1. The minimum absolute atomic E-state index is 0.170. The van der Waals surface area contributed by atoms with Gasteiger partial charge in [-0.25, -0.2) is 9.79 Å². The predicted octanol–water partition coefficient (Wildman–Crippen LogP) is 4.18. The van der Waals surface area contributed by atoms with Gasteiger partial charge in [0.05, 0.1) is 23.3 Å². The third-order valence-corrected chi connectivity index (χ3v) is 4.97. The molecule has 1 fully saturated rings. The number of carboxylic acids is 1. The third kappa shape index (κ3) is 4.15. The molecule has 1 aliphatic rings. The Bertz CT molecular complexity index is 980. The monoisotopic (exact) mass is 394 g/mol. The quantitative estimate of drug-likeness (QED) is 0.587. The van der Waals surface area contributed by atoms with Gasteiger partial charge >= 0.3 is 5.97 Å². The summed E-state index contributed by atoms with van der Waals surface area (Å²) in [5.74, 6) is -0.495. The van der Waals surface area contributed by atoms with E-state index in [1.54, 1.807) is 31.4 Å². The fraction of sp³-hybridized carbons (Fsp3) is 0.0952. The second-order valence-corrected chi connectivity index (χ2v) is 6.81. The molecule has 142 valence electrons. The van der Waals surface area contributed by atoms with Gasteiger partial charge in [0.1, 0.15) is 5.75 Å². The summed E-state index contributed by atoms with van der Waals surface area (Å²) in [6.07, 6.45) is 3.41. The van der Waals surface area contributed by atoms with Gasteiger partial charge in [0.15, 0.2) is 5.17 Å². The molecule has 0 bridgehead atoms. The molecule has 6 nitrogen and oxygen atoms in total. The topological polar surface area (TPSA) is 79.2 Å². The van der Waals surface area contributed by atoms with E-state index in [-0.39, 0.29) is 11.5 Å². The van der Waals surface area contributed by atoms with Crippen molar-refractivity contribution >= 4 is 40.6 Å². The number of rotatable bonds is 6. The first kappa shape index (κ1) is 19.4. The molecule has 1 amide bonds. The Morgan fingerprint density at radius 2 is 1.96 bits per heavy atom. The molecule has 3 rings (SSSR count). The normalized spacial score (nSPS) is 16.6. The molecule has 0 saturated carbocycles. The lowest BCUT2D eigenvalue weighted by molar-refractivity contribution is -0.121. The van der Waals surface area contributed by atoms with Gasteiger partial charge in [-0.1, -0.05) is 24.3 Å². The van der Waals surface area contributed by atoms with Gasteiger partial charge in [0, 0.05) is 12.1 Å². The molecule has 0 atom stereocenters. The van der Waals surface area contributed by atoms with Crippen molar-refractivity contribution in [2.45, 2.75) is 0 Å². The fourth-order valence-corrected chi connectivity index (χ4v) is 3.60. The summed E-state index contributed by atoms with van der Waals surface area (Å²) in [5.41, 5.74) is 1.54. The molecule has 0 radical (unpaired) electrons. The van der Waals surface area contributed by atoms with Crippen LogP contribution >= 0.6 is 11.8 Å². The average Bonchev–Trinajstić information content (AvgIpc) is 2.98. The minimum atomic E-state index is -1.00. The van der Waals surface area contributed by atoms with Crippen LogP contribution in [0.4, 0.5) is 5.69 Å². The molecular weight excluding hydrogens is 376 g/mol. The highest BCUT2D eigenvalue weighted by Gasteiger charge is 2.32. The lowest BCUT2D eigenvalue weighted by atomic mass is 10.2. The molecule has 0 aromatic heterocycles. The highest BCUT2D eigenvalue weighted by atomic mass is 32.2. The third-order valence-electron chi connectivity index (χ3n) is 3.96. The molecule has 2 aromatic carbocycles. The van der Waals surface area contributed by atoms with E-state index >= 15 is 0 Å². The van der Waals surface area contributed by atoms with Crippen LogP contribution in [0.1, 0.15) is 15.9 Å². The van der Waals surface area contributed by atoms with E-state index in [4.69, 9.17) is 9.84 Å². The first-order valence-electron chi connectivity index (χ1n) is 8.41. The maximum atomic E-state index is 12.8. The van der Waals surface area contributed by atoms with E-state index in [2.05, 4.69) is 11.6 Å². The van der Waals surface area contributed by atoms with Crippen molar-refractivity contribution in [3.8, 4) is 5.75 Å². The summed E-state index contributed by atoms with van der Waals surface area (Å²) < 4.78 is 5.35.